The minimum Gasteiger partial charge on any atom is -0.457 e. The monoisotopic (exact) mass is 424 g/mol. The van der Waals surface area contributed by atoms with Crippen LogP contribution in [0.25, 0.3) is 0 Å². The Kier molecular flexibility index (Phi) is 9.14. The molecule has 0 bridgehead atoms. The lowest BCUT2D eigenvalue weighted by atomic mass is 9.80. The van der Waals surface area contributed by atoms with Crippen molar-refractivity contribution in [1.29, 1.82) is 0 Å². The molecule has 172 valence electrons. The lowest BCUT2D eigenvalue weighted by molar-refractivity contribution is 0.436. The molecule has 2 unspecified atom stereocenters. The van der Waals surface area contributed by atoms with Gasteiger partial charge in [0.1, 0.15) is 11.5 Å². The summed E-state index contributed by atoms with van der Waals surface area (Å²) in [5.41, 5.74) is 14.8. The van der Waals surface area contributed by atoms with Crippen molar-refractivity contribution in [3.63, 3.8) is 0 Å². The second-order valence-electron chi connectivity index (χ2n) is 10.7. The summed E-state index contributed by atoms with van der Waals surface area (Å²) in [5.74, 6) is 1.75. The lowest BCUT2D eigenvalue weighted by Crippen LogP contribution is -2.20. The van der Waals surface area contributed by atoms with Gasteiger partial charge < -0.3 is 16.2 Å². The highest BCUT2D eigenvalue weighted by Crippen LogP contribution is 2.33. The molecule has 0 aliphatic heterocycles. The molecule has 2 atom stereocenters. The summed E-state index contributed by atoms with van der Waals surface area (Å²) in [6.07, 6.45) is 6.72. The van der Waals surface area contributed by atoms with E-state index in [-0.39, 0.29) is 22.9 Å². The van der Waals surface area contributed by atoms with Gasteiger partial charge in [-0.05, 0) is 85.8 Å². The van der Waals surface area contributed by atoms with Crippen LogP contribution in [0.3, 0.4) is 0 Å². The highest BCUT2D eigenvalue weighted by Gasteiger charge is 2.21. The van der Waals surface area contributed by atoms with Gasteiger partial charge in [-0.1, -0.05) is 64.8 Å². The molecule has 31 heavy (non-hydrogen) atoms. The van der Waals surface area contributed by atoms with E-state index in [1.165, 1.54) is 11.1 Å². The van der Waals surface area contributed by atoms with Crippen LogP contribution in [0.15, 0.2) is 48.5 Å². The average Bonchev–Trinajstić information content (AvgIpc) is 2.68. The number of ether oxygens (including phenoxy) is 1. The van der Waals surface area contributed by atoms with E-state index in [9.17, 15) is 0 Å². The van der Waals surface area contributed by atoms with Crippen LogP contribution in [-0.2, 0) is 10.8 Å². The summed E-state index contributed by atoms with van der Waals surface area (Å²) in [5, 5.41) is 0. The van der Waals surface area contributed by atoms with Crippen LogP contribution in [-0.4, -0.2) is 12.1 Å². The van der Waals surface area contributed by atoms with E-state index in [1.54, 1.807) is 0 Å². The maximum absolute atomic E-state index is 6.11. The smallest absolute Gasteiger partial charge is 0.127 e. The van der Waals surface area contributed by atoms with Crippen molar-refractivity contribution in [2.45, 2.75) is 103 Å². The van der Waals surface area contributed by atoms with Gasteiger partial charge in [-0.15, -0.1) is 0 Å². The zero-order valence-corrected chi connectivity index (χ0v) is 20.6. The normalized spacial score (nSPS) is 14.3. The van der Waals surface area contributed by atoms with Gasteiger partial charge in [-0.2, -0.15) is 0 Å². The van der Waals surface area contributed by atoms with Crippen LogP contribution in [0.4, 0.5) is 0 Å². The zero-order chi connectivity index (χ0) is 23.1. The summed E-state index contributed by atoms with van der Waals surface area (Å²) in [6.45, 7) is 13.4. The first kappa shape index (κ1) is 25.4. The van der Waals surface area contributed by atoms with E-state index in [1.807, 2.05) is 0 Å². The molecule has 0 aromatic heterocycles. The van der Waals surface area contributed by atoms with Gasteiger partial charge >= 0.3 is 0 Å². The Labute approximate surface area is 190 Å². The van der Waals surface area contributed by atoms with Gasteiger partial charge in [0.15, 0.2) is 0 Å². The first-order valence-corrected chi connectivity index (χ1v) is 11.9. The van der Waals surface area contributed by atoms with Crippen LogP contribution >= 0.6 is 0 Å². The number of benzene rings is 2. The quantitative estimate of drug-likeness (QED) is 0.383. The van der Waals surface area contributed by atoms with E-state index < -0.39 is 0 Å². The summed E-state index contributed by atoms with van der Waals surface area (Å²) in [7, 11) is 0. The van der Waals surface area contributed by atoms with Crippen molar-refractivity contribution < 1.29 is 4.74 Å². The number of hydrogen-bond acceptors (Lipinski definition) is 3. The Balaban J connectivity index is 1.96. The Morgan fingerprint density at radius 3 is 1.26 bits per heavy atom. The zero-order valence-electron chi connectivity index (χ0n) is 20.6. The van der Waals surface area contributed by atoms with Gasteiger partial charge in [0.05, 0.1) is 0 Å². The summed E-state index contributed by atoms with van der Waals surface area (Å²) < 4.78 is 6.11. The van der Waals surface area contributed by atoms with E-state index in [2.05, 4.69) is 90.1 Å². The summed E-state index contributed by atoms with van der Waals surface area (Å²) in [4.78, 5) is 0. The molecule has 0 aliphatic carbocycles. The van der Waals surface area contributed by atoms with Crippen LogP contribution < -0.4 is 16.2 Å². The van der Waals surface area contributed by atoms with Gasteiger partial charge in [0.2, 0.25) is 0 Å². The fourth-order valence-corrected chi connectivity index (χ4v) is 4.11. The molecular formula is C28H44N2O. The third kappa shape index (κ3) is 8.31. The Hall–Kier alpha value is -1.84. The number of hydrogen-bond donors (Lipinski definition) is 2. The predicted molar refractivity (Wildman–Crippen MR) is 134 cm³/mol. The second kappa shape index (κ2) is 11.2. The molecule has 0 heterocycles. The molecule has 3 nitrogen and oxygen atoms in total. The highest BCUT2D eigenvalue weighted by molar-refractivity contribution is 5.37. The van der Waals surface area contributed by atoms with Crippen LogP contribution in [0.2, 0.25) is 0 Å². The topological polar surface area (TPSA) is 61.3 Å². The molecule has 0 amide bonds. The Morgan fingerprint density at radius 1 is 0.645 bits per heavy atom. The third-order valence-corrected chi connectivity index (χ3v) is 6.43. The van der Waals surface area contributed by atoms with Crippen molar-refractivity contribution >= 4 is 0 Å². The van der Waals surface area contributed by atoms with Gasteiger partial charge in [0, 0.05) is 12.1 Å². The fraction of sp³-hybridized carbons (Fsp3) is 0.571. The van der Waals surface area contributed by atoms with Crippen LogP contribution in [0, 0.1) is 0 Å². The van der Waals surface area contributed by atoms with E-state index in [0.29, 0.717) is 0 Å². The second-order valence-corrected chi connectivity index (χ2v) is 10.7. The molecule has 0 saturated carbocycles. The molecule has 0 spiro atoms. The van der Waals surface area contributed by atoms with Crippen LogP contribution in [0.1, 0.15) is 91.2 Å². The van der Waals surface area contributed by atoms with Crippen molar-refractivity contribution in [1.82, 2.24) is 0 Å². The molecule has 2 aromatic rings. The molecule has 0 saturated heterocycles. The summed E-state index contributed by atoms with van der Waals surface area (Å²) >= 11 is 0. The maximum atomic E-state index is 6.11. The molecule has 2 aromatic carbocycles. The van der Waals surface area contributed by atoms with E-state index >= 15 is 0 Å². The van der Waals surface area contributed by atoms with Crippen molar-refractivity contribution in [2.75, 3.05) is 0 Å². The van der Waals surface area contributed by atoms with Crippen LogP contribution in [0.5, 0.6) is 11.5 Å². The van der Waals surface area contributed by atoms with Gasteiger partial charge in [0.25, 0.3) is 0 Å². The number of rotatable bonds is 12. The molecule has 0 aliphatic rings. The first-order valence-electron chi connectivity index (χ1n) is 11.9. The summed E-state index contributed by atoms with van der Waals surface area (Å²) in [6, 6.07) is 17.6. The fourth-order valence-electron chi connectivity index (χ4n) is 4.11. The van der Waals surface area contributed by atoms with Crippen molar-refractivity contribution in [2.24, 2.45) is 11.5 Å². The van der Waals surface area contributed by atoms with Gasteiger partial charge in [-0.25, -0.2) is 0 Å². The lowest BCUT2D eigenvalue weighted by Gasteiger charge is -2.26. The minimum atomic E-state index is 0.141. The van der Waals surface area contributed by atoms with E-state index in [0.717, 1.165) is 50.0 Å². The third-order valence-electron chi connectivity index (χ3n) is 6.43. The standard InChI is InChI=1S/C28H44N2O/c1-21(29)9-7-19-27(3,4)23-11-15-25(16-12-23)31-26-17-13-24(14-18-26)28(5,6)20-8-10-22(2)30/h11-18,21-22H,7-10,19-20,29-30H2,1-6H3. The minimum absolute atomic E-state index is 0.141. The molecule has 3 heteroatoms. The molecule has 4 N–H and O–H groups in total. The van der Waals surface area contributed by atoms with Gasteiger partial charge in [-0.3, -0.25) is 0 Å². The molecule has 0 fully saturated rings. The largest absolute Gasteiger partial charge is 0.457 e. The van der Waals surface area contributed by atoms with Crippen molar-refractivity contribution in [3.05, 3.63) is 59.7 Å². The average molecular weight is 425 g/mol. The maximum Gasteiger partial charge on any atom is 0.127 e. The molecule has 2 rings (SSSR count). The Bertz CT molecular complexity index is 706. The SMILES string of the molecule is CC(N)CCCC(C)(C)c1ccc(Oc2ccc(C(C)(C)CCCC(C)N)cc2)cc1. The highest BCUT2D eigenvalue weighted by atomic mass is 16.5. The predicted octanol–water partition coefficient (Wildman–Crippen LogP) is 7.07. The molecule has 0 radical (unpaired) electrons. The first-order chi connectivity index (χ1) is 14.5. The van der Waals surface area contributed by atoms with E-state index in [4.69, 9.17) is 16.2 Å². The molecular weight excluding hydrogens is 380 g/mol. The number of nitrogens with two attached hydrogens (primary N) is 2. The van der Waals surface area contributed by atoms with Crippen molar-refractivity contribution in [3.8, 4) is 11.5 Å². The Morgan fingerprint density at radius 2 is 0.968 bits per heavy atom.